The van der Waals surface area contributed by atoms with Gasteiger partial charge in [-0.05, 0) is 53.8 Å². The number of ether oxygens (including phenoxy) is 2. The van der Waals surface area contributed by atoms with E-state index < -0.39 is 0 Å². The van der Waals surface area contributed by atoms with Crippen LogP contribution in [0, 0.1) is 6.92 Å². The minimum atomic E-state index is 0.118. The maximum absolute atomic E-state index is 12.7. The Labute approximate surface area is 208 Å². The van der Waals surface area contributed by atoms with Gasteiger partial charge in [-0.3, -0.25) is 14.8 Å². The monoisotopic (exact) mass is 499 g/mol. The van der Waals surface area contributed by atoms with Crippen molar-refractivity contribution in [1.82, 2.24) is 25.0 Å². The third-order valence-electron chi connectivity index (χ3n) is 5.72. The molecular formula is C24H29N5O3S2. The van der Waals surface area contributed by atoms with Crippen LogP contribution in [0.5, 0.6) is 11.5 Å². The molecule has 1 fully saturated rings. The maximum atomic E-state index is 12.7. The van der Waals surface area contributed by atoms with Gasteiger partial charge in [0, 0.05) is 37.6 Å². The van der Waals surface area contributed by atoms with E-state index in [0.29, 0.717) is 29.8 Å². The number of benzene rings is 1. The van der Waals surface area contributed by atoms with Gasteiger partial charge in [-0.2, -0.15) is 0 Å². The highest BCUT2D eigenvalue weighted by Gasteiger charge is 2.22. The average Bonchev–Trinajstić information content (AvgIpc) is 3.54. The number of amides is 1. The molecule has 0 saturated carbocycles. The molecule has 2 aromatic heterocycles. The number of piperazine rings is 1. The van der Waals surface area contributed by atoms with Gasteiger partial charge in [0.2, 0.25) is 11.1 Å². The zero-order valence-electron chi connectivity index (χ0n) is 19.6. The lowest BCUT2D eigenvalue weighted by atomic mass is 10.1. The second-order valence-electron chi connectivity index (χ2n) is 7.93. The summed E-state index contributed by atoms with van der Waals surface area (Å²) in [6.45, 7) is 6.01. The molecule has 1 saturated heterocycles. The largest absolute Gasteiger partial charge is 0.493 e. The lowest BCUT2D eigenvalue weighted by Gasteiger charge is -2.35. The van der Waals surface area contributed by atoms with Crippen molar-refractivity contribution < 1.29 is 14.3 Å². The number of nitrogens with zero attached hydrogens (tertiary/aromatic N) is 4. The number of hydrogen-bond donors (Lipinski definition) is 1. The van der Waals surface area contributed by atoms with Crippen molar-refractivity contribution in [3.8, 4) is 11.5 Å². The highest BCUT2D eigenvalue weighted by atomic mass is 32.2. The summed E-state index contributed by atoms with van der Waals surface area (Å²) in [6.07, 6.45) is 3.89. The van der Waals surface area contributed by atoms with Gasteiger partial charge >= 0.3 is 0 Å². The standard InChI is InChI=1S/C24H29N5O3S2/c1-17-13-20(31-2)21(32-3)14-18(17)15-28-8-10-29(11-9-28)23(30)16-34-24-25-22(26-27-24)7-6-19-5-4-12-33-19/h4-7,12-14H,8-11,15-16H2,1-3H3,(H,25,26,27)/b7-6+. The topological polar surface area (TPSA) is 83.6 Å². The molecule has 1 amide bonds. The minimum absolute atomic E-state index is 0.118. The van der Waals surface area contributed by atoms with E-state index in [1.807, 2.05) is 46.7 Å². The number of nitrogens with one attached hydrogen (secondary N) is 1. The predicted molar refractivity (Wildman–Crippen MR) is 136 cm³/mol. The van der Waals surface area contributed by atoms with Crippen LogP contribution in [0.3, 0.4) is 0 Å². The molecule has 0 atom stereocenters. The first-order valence-corrected chi connectivity index (χ1v) is 12.9. The van der Waals surface area contributed by atoms with Crippen molar-refractivity contribution in [2.24, 2.45) is 0 Å². The lowest BCUT2D eigenvalue weighted by Crippen LogP contribution is -2.48. The van der Waals surface area contributed by atoms with Gasteiger partial charge in [-0.25, -0.2) is 4.98 Å². The van der Waals surface area contributed by atoms with Crippen molar-refractivity contribution in [2.45, 2.75) is 18.6 Å². The molecule has 0 aliphatic carbocycles. The van der Waals surface area contributed by atoms with Crippen LogP contribution in [0.4, 0.5) is 0 Å². The number of aryl methyl sites for hydroxylation is 1. The van der Waals surface area contributed by atoms with Gasteiger partial charge < -0.3 is 14.4 Å². The number of thioether (sulfide) groups is 1. The third-order valence-corrected chi connectivity index (χ3v) is 7.39. The van der Waals surface area contributed by atoms with E-state index in [1.54, 1.807) is 25.6 Å². The van der Waals surface area contributed by atoms with Crippen molar-refractivity contribution >= 4 is 41.2 Å². The zero-order valence-corrected chi connectivity index (χ0v) is 21.2. The average molecular weight is 500 g/mol. The number of H-pyrrole nitrogens is 1. The second-order valence-corrected chi connectivity index (χ2v) is 9.85. The molecule has 0 unspecified atom stereocenters. The molecule has 1 aliphatic rings. The number of rotatable bonds is 9. The Hall–Kier alpha value is -2.82. The SMILES string of the molecule is COc1cc(C)c(CN2CCN(C(=O)CSc3n[nH]c(/C=C/c4cccs4)n3)CC2)cc1OC. The summed E-state index contributed by atoms with van der Waals surface area (Å²) in [6, 6.07) is 8.11. The molecule has 3 heterocycles. The van der Waals surface area contributed by atoms with Gasteiger partial charge in [-0.15, -0.1) is 16.4 Å². The maximum Gasteiger partial charge on any atom is 0.233 e. The molecule has 1 N–H and O–H groups in total. The summed E-state index contributed by atoms with van der Waals surface area (Å²) >= 11 is 3.03. The molecule has 1 aliphatic heterocycles. The predicted octanol–water partition coefficient (Wildman–Crippen LogP) is 3.80. The van der Waals surface area contributed by atoms with E-state index in [0.717, 1.165) is 36.0 Å². The van der Waals surface area contributed by atoms with Crippen LogP contribution >= 0.6 is 23.1 Å². The Balaban J connectivity index is 1.23. The molecule has 180 valence electrons. The van der Waals surface area contributed by atoms with Crippen LogP contribution in [0.15, 0.2) is 34.8 Å². The zero-order chi connectivity index (χ0) is 23.9. The molecule has 0 spiro atoms. The number of aromatic nitrogens is 3. The summed E-state index contributed by atoms with van der Waals surface area (Å²) < 4.78 is 10.8. The van der Waals surface area contributed by atoms with Crippen molar-refractivity contribution in [3.63, 3.8) is 0 Å². The van der Waals surface area contributed by atoms with Crippen LogP contribution in [0.1, 0.15) is 21.8 Å². The van der Waals surface area contributed by atoms with Crippen LogP contribution in [0.25, 0.3) is 12.2 Å². The van der Waals surface area contributed by atoms with E-state index in [2.05, 4.69) is 27.0 Å². The van der Waals surface area contributed by atoms with Gasteiger partial charge in [-0.1, -0.05) is 17.8 Å². The fourth-order valence-electron chi connectivity index (χ4n) is 3.75. The summed E-state index contributed by atoms with van der Waals surface area (Å²) in [7, 11) is 3.30. The molecule has 1 aromatic carbocycles. The Morgan fingerprint density at radius 2 is 1.94 bits per heavy atom. The lowest BCUT2D eigenvalue weighted by molar-refractivity contribution is -0.130. The molecule has 8 nitrogen and oxygen atoms in total. The summed E-state index contributed by atoms with van der Waals surface area (Å²) in [5.74, 6) is 2.62. The van der Waals surface area contributed by atoms with Crippen molar-refractivity contribution in [1.29, 1.82) is 0 Å². The van der Waals surface area contributed by atoms with E-state index >= 15 is 0 Å². The Morgan fingerprint density at radius 1 is 1.18 bits per heavy atom. The summed E-state index contributed by atoms with van der Waals surface area (Å²) in [5.41, 5.74) is 2.38. The first-order valence-electron chi connectivity index (χ1n) is 11.0. The molecule has 0 radical (unpaired) electrons. The molecule has 3 aromatic rings. The Kier molecular flexibility index (Phi) is 8.25. The van der Waals surface area contributed by atoms with E-state index in [-0.39, 0.29) is 5.91 Å². The highest BCUT2D eigenvalue weighted by molar-refractivity contribution is 7.99. The summed E-state index contributed by atoms with van der Waals surface area (Å²) in [5, 5.41) is 9.73. The molecule has 34 heavy (non-hydrogen) atoms. The first kappa shape index (κ1) is 24.3. The van der Waals surface area contributed by atoms with Gasteiger partial charge in [0.1, 0.15) is 5.82 Å². The first-order chi connectivity index (χ1) is 16.6. The van der Waals surface area contributed by atoms with Crippen molar-refractivity contribution in [3.05, 3.63) is 51.5 Å². The van der Waals surface area contributed by atoms with Crippen LogP contribution in [0.2, 0.25) is 0 Å². The molecular weight excluding hydrogens is 470 g/mol. The van der Waals surface area contributed by atoms with E-state index in [1.165, 1.54) is 22.9 Å². The smallest absolute Gasteiger partial charge is 0.233 e. The third kappa shape index (κ3) is 6.19. The van der Waals surface area contributed by atoms with Gasteiger partial charge in [0.25, 0.3) is 0 Å². The van der Waals surface area contributed by atoms with E-state index in [9.17, 15) is 4.79 Å². The normalized spacial score (nSPS) is 14.6. The molecule has 4 rings (SSSR count). The van der Waals surface area contributed by atoms with Gasteiger partial charge in [0.15, 0.2) is 11.5 Å². The second kappa shape index (κ2) is 11.5. The fourth-order valence-corrected chi connectivity index (χ4v) is 5.08. The number of carbonyl (C=O) groups excluding carboxylic acids is 1. The fraction of sp³-hybridized carbons (Fsp3) is 0.375. The van der Waals surface area contributed by atoms with Crippen LogP contribution in [-0.2, 0) is 11.3 Å². The minimum Gasteiger partial charge on any atom is -0.493 e. The van der Waals surface area contributed by atoms with Gasteiger partial charge in [0.05, 0.1) is 20.0 Å². The Morgan fingerprint density at radius 3 is 2.65 bits per heavy atom. The van der Waals surface area contributed by atoms with Crippen LogP contribution in [-0.4, -0.2) is 77.0 Å². The summed E-state index contributed by atoms with van der Waals surface area (Å²) in [4.78, 5) is 22.6. The molecule has 0 bridgehead atoms. The number of thiophene rings is 1. The number of carbonyl (C=O) groups is 1. The number of methoxy groups -OCH3 is 2. The highest BCUT2D eigenvalue weighted by Crippen LogP contribution is 2.31. The van der Waals surface area contributed by atoms with E-state index in [4.69, 9.17) is 9.47 Å². The quantitative estimate of drug-likeness (QED) is 0.449. The number of aromatic amines is 1. The van der Waals surface area contributed by atoms with Crippen LogP contribution < -0.4 is 9.47 Å². The number of hydrogen-bond acceptors (Lipinski definition) is 8. The van der Waals surface area contributed by atoms with Crippen molar-refractivity contribution in [2.75, 3.05) is 46.2 Å². The molecule has 10 heteroatoms. The Bertz CT molecular complexity index is 1120.